The van der Waals surface area contributed by atoms with Gasteiger partial charge in [-0.25, -0.2) is 0 Å². The first-order valence-electron chi connectivity index (χ1n) is 15.3. The lowest BCUT2D eigenvalue weighted by Gasteiger charge is -2.13. The van der Waals surface area contributed by atoms with Gasteiger partial charge in [-0.15, -0.1) is 0 Å². The minimum Gasteiger partial charge on any atom is -0.398 e. The highest BCUT2D eigenvalue weighted by Crippen LogP contribution is 2.30. The van der Waals surface area contributed by atoms with Gasteiger partial charge < -0.3 is 5.73 Å². The highest BCUT2D eigenvalue weighted by atomic mass is 35.5. The number of anilines is 1. The maximum absolute atomic E-state index is 12.7. The monoisotopic (exact) mass is 700 g/mol. The molecule has 0 saturated heterocycles. The van der Waals surface area contributed by atoms with E-state index in [2.05, 4.69) is 9.97 Å². The van der Waals surface area contributed by atoms with Crippen molar-refractivity contribution in [3.8, 4) is 11.4 Å². The molecule has 2 N–H and O–H groups in total. The second-order valence-corrected chi connectivity index (χ2v) is 12.6. The molecule has 0 amide bonds. The number of nitro benzene ring substituents is 1. The molecule has 0 fully saturated rings. The fourth-order valence-corrected chi connectivity index (χ4v) is 6.32. The van der Waals surface area contributed by atoms with Crippen LogP contribution in [0.2, 0.25) is 10.0 Å². The number of pyridine rings is 4. The quantitative estimate of drug-likeness (QED) is 0.0844. The van der Waals surface area contributed by atoms with Gasteiger partial charge in [-0.2, -0.15) is 0 Å². The summed E-state index contributed by atoms with van der Waals surface area (Å²) in [6.45, 7) is 3.59. The Hall–Kier alpha value is -6.10. The molecule has 0 radical (unpaired) electrons. The minimum absolute atomic E-state index is 0.0391. The Labute approximate surface area is 293 Å². The van der Waals surface area contributed by atoms with Crippen LogP contribution in [0, 0.1) is 24.0 Å². The number of aryl methyl sites for hydroxylation is 2. The van der Waals surface area contributed by atoms with Crippen LogP contribution in [-0.4, -0.2) is 24.0 Å². The van der Waals surface area contributed by atoms with Crippen LogP contribution in [0.5, 0.6) is 0 Å². The Morgan fingerprint density at radius 2 is 1.12 bits per heavy atom. The summed E-state index contributed by atoms with van der Waals surface area (Å²) in [6, 6.07) is 27.5. The van der Waals surface area contributed by atoms with Gasteiger partial charge in [0.15, 0.2) is 0 Å². The van der Waals surface area contributed by atoms with Crippen molar-refractivity contribution in [3.05, 3.63) is 161 Å². The number of nitrogen functional groups attached to an aromatic ring is 1. The molecule has 8 aromatic rings. The summed E-state index contributed by atoms with van der Waals surface area (Å²) in [7, 11) is 0. The number of fused-ring (bicyclic) bond motifs is 6. The second kappa shape index (κ2) is 12.7. The molecule has 50 heavy (non-hydrogen) atoms. The van der Waals surface area contributed by atoms with Crippen LogP contribution >= 0.6 is 23.2 Å². The Kier molecular flexibility index (Phi) is 8.26. The summed E-state index contributed by atoms with van der Waals surface area (Å²) in [6.07, 6.45) is 3.43. The molecular formula is C38H26Cl2N6O4. The standard InChI is InChI=1S/C19H12ClN3O3.C19H14ClN3O/c1-11-2-5-14(9-17(11)23(25)26)22-18(24)7-3-12-10-21-16-6-4-13(20)8-15(16)19(12)22;1-11-2-5-14(9-16(11)21)23-18(24)7-3-12-10-22-17-6-4-13(20)8-15(17)19(12)23/h2-10H,1H3;2-10H,21H2,1H3. The first-order valence-corrected chi connectivity index (χ1v) is 16.1. The normalized spacial score (nSPS) is 11.2. The molecule has 0 spiro atoms. The van der Waals surface area contributed by atoms with Crippen molar-refractivity contribution in [2.24, 2.45) is 0 Å². The molecule has 4 aromatic heterocycles. The van der Waals surface area contributed by atoms with Gasteiger partial charge in [0.1, 0.15) is 0 Å². The predicted molar refractivity (Wildman–Crippen MR) is 200 cm³/mol. The minimum atomic E-state index is -0.453. The maximum Gasteiger partial charge on any atom is 0.274 e. The third-order valence-electron chi connectivity index (χ3n) is 8.53. The summed E-state index contributed by atoms with van der Waals surface area (Å²) >= 11 is 12.3. The van der Waals surface area contributed by atoms with E-state index in [0.717, 1.165) is 38.4 Å². The first kappa shape index (κ1) is 32.4. The van der Waals surface area contributed by atoms with Crippen molar-refractivity contribution in [1.29, 1.82) is 0 Å². The van der Waals surface area contributed by atoms with E-state index in [1.807, 2.05) is 37.3 Å². The SMILES string of the molecule is Cc1ccc(-n2c(=O)ccc3cnc4ccc(Cl)cc4c32)cc1N.Cc1ccc(-n2c(=O)ccc3cnc4ccc(Cl)cc4c32)cc1[N+](=O)[O-]. The Balaban J connectivity index is 0.000000157. The van der Waals surface area contributed by atoms with Crippen LogP contribution in [0.4, 0.5) is 11.4 Å². The number of aromatic nitrogens is 4. The first-order chi connectivity index (χ1) is 24.0. The van der Waals surface area contributed by atoms with E-state index in [1.54, 1.807) is 72.4 Å². The lowest BCUT2D eigenvalue weighted by molar-refractivity contribution is -0.385. The second-order valence-electron chi connectivity index (χ2n) is 11.7. The molecule has 12 heteroatoms. The van der Waals surface area contributed by atoms with E-state index in [0.29, 0.717) is 43.4 Å². The molecule has 0 aliphatic rings. The number of nitro groups is 1. The van der Waals surface area contributed by atoms with Gasteiger partial charge in [0.25, 0.3) is 16.8 Å². The molecule has 0 bridgehead atoms. The van der Waals surface area contributed by atoms with Crippen LogP contribution in [-0.2, 0) is 0 Å². The van der Waals surface area contributed by atoms with E-state index in [4.69, 9.17) is 28.9 Å². The Morgan fingerprint density at radius 1 is 0.640 bits per heavy atom. The molecule has 4 aromatic carbocycles. The molecule has 0 aliphatic carbocycles. The number of nitrogens with zero attached hydrogens (tertiary/aromatic N) is 5. The molecule has 8 rings (SSSR count). The number of halogens is 2. The van der Waals surface area contributed by atoms with Crippen LogP contribution in [0.25, 0.3) is 55.0 Å². The van der Waals surface area contributed by atoms with Crippen molar-refractivity contribution in [2.45, 2.75) is 13.8 Å². The zero-order valence-corrected chi connectivity index (χ0v) is 28.1. The van der Waals surface area contributed by atoms with Crippen LogP contribution < -0.4 is 16.9 Å². The zero-order valence-electron chi connectivity index (χ0n) is 26.6. The number of benzene rings is 4. The van der Waals surface area contributed by atoms with Crippen molar-refractivity contribution < 1.29 is 4.92 Å². The van der Waals surface area contributed by atoms with Crippen molar-refractivity contribution in [3.63, 3.8) is 0 Å². The van der Waals surface area contributed by atoms with E-state index in [9.17, 15) is 19.7 Å². The smallest absolute Gasteiger partial charge is 0.274 e. The summed E-state index contributed by atoms with van der Waals surface area (Å²) < 4.78 is 3.12. The molecule has 0 unspecified atom stereocenters. The number of hydrogen-bond acceptors (Lipinski definition) is 7. The summed E-state index contributed by atoms with van der Waals surface area (Å²) in [5, 5.41) is 15.6. The molecule has 0 saturated carbocycles. The fourth-order valence-electron chi connectivity index (χ4n) is 5.98. The van der Waals surface area contributed by atoms with Crippen LogP contribution in [0.15, 0.2) is 119 Å². The molecular weight excluding hydrogens is 675 g/mol. The van der Waals surface area contributed by atoms with Crippen LogP contribution in [0.1, 0.15) is 11.1 Å². The van der Waals surface area contributed by atoms with E-state index in [1.165, 1.54) is 22.8 Å². The number of rotatable bonds is 3. The highest BCUT2D eigenvalue weighted by molar-refractivity contribution is 6.32. The van der Waals surface area contributed by atoms with Gasteiger partial charge >= 0.3 is 0 Å². The zero-order chi connectivity index (χ0) is 35.3. The summed E-state index contributed by atoms with van der Waals surface area (Å²) in [5.74, 6) is 0. The third kappa shape index (κ3) is 5.80. The third-order valence-corrected chi connectivity index (χ3v) is 9.00. The summed E-state index contributed by atoms with van der Waals surface area (Å²) in [4.78, 5) is 45.0. The topological polar surface area (TPSA) is 139 Å². The van der Waals surface area contributed by atoms with Gasteiger partial charge in [-0.3, -0.25) is 38.8 Å². The van der Waals surface area contributed by atoms with Gasteiger partial charge in [-0.05, 0) is 86.1 Å². The van der Waals surface area contributed by atoms with Crippen LogP contribution in [0.3, 0.4) is 0 Å². The molecule has 0 aliphatic heterocycles. The van der Waals surface area contributed by atoms with Gasteiger partial charge in [-0.1, -0.05) is 35.3 Å². The number of hydrogen-bond donors (Lipinski definition) is 1. The van der Waals surface area contributed by atoms with Crippen molar-refractivity contribution in [2.75, 3.05) is 5.73 Å². The molecule has 246 valence electrons. The van der Waals surface area contributed by atoms with Crippen molar-refractivity contribution >= 4 is 78.2 Å². The van der Waals surface area contributed by atoms with Gasteiger partial charge in [0.2, 0.25) is 0 Å². The average molecular weight is 702 g/mol. The summed E-state index contributed by atoms with van der Waals surface area (Å²) in [5.41, 5.74) is 11.7. The lowest BCUT2D eigenvalue weighted by atomic mass is 10.1. The molecule has 0 atom stereocenters. The van der Waals surface area contributed by atoms with E-state index in [-0.39, 0.29) is 16.8 Å². The highest BCUT2D eigenvalue weighted by Gasteiger charge is 2.16. The maximum atomic E-state index is 12.7. The molecule has 10 nitrogen and oxygen atoms in total. The fraction of sp³-hybridized carbons (Fsp3) is 0.0526. The largest absolute Gasteiger partial charge is 0.398 e. The van der Waals surface area contributed by atoms with E-state index < -0.39 is 4.92 Å². The number of nitrogens with two attached hydrogens (primary N) is 1. The lowest BCUT2D eigenvalue weighted by Crippen LogP contribution is -2.18. The van der Waals surface area contributed by atoms with E-state index >= 15 is 0 Å². The predicted octanol–water partition coefficient (Wildman–Crippen LogP) is 8.49. The molecule has 4 heterocycles. The average Bonchev–Trinajstić information content (AvgIpc) is 3.10. The van der Waals surface area contributed by atoms with Crippen molar-refractivity contribution in [1.82, 2.24) is 19.1 Å². The Morgan fingerprint density at radius 3 is 1.60 bits per heavy atom. The Bertz CT molecular complexity index is 2810. The van der Waals surface area contributed by atoms with Gasteiger partial charge in [0.05, 0.1) is 38.4 Å². The van der Waals surface area contributed by atoms with Gasteiger partial charge in [0, 0.05) is 73.4 Å².